The van der Waals surface area contributed by atoms with Gasteiger partial charge in [-0.2, -0.15) is 4.37 Å². The van der Waals surface area contributed by atoms with E-state index in [1.165, 1.54) is 24.6 Å². The van der Waals surface area contributed by atoms with Gasteiger partial charge in [0.25, 0.3) is 5.88 Å². The molecular formula is C13H17N3O5S. The smallest absolute Gasteiger partial charge is 0.414 e. The Morgan fingerprint density at radius 2 is 2.05 bits per heavy atom. The van der Waals surface area contributed by atoms with Gasteiger partial charge in [0, 0.05) is 6.54 Å². The second kappa shape index (κ2) is 7.32. The molecule has 3 unspecified atom stereocenters. The van der Waals surface area contributed by atoms with Crippen LogP contribution < -0.4 is 4.74 Å². The molecule has 2 N–H and O–H groups in total. The van der Waals surface area contributed by atoms with Gasteiger partial charge in [0.05, 0.1) is 24.9 Å². The highest BCUT2D eigenvalue weighted by Gasteiger charge is 2.31. The first-order chi connectivity index (χ1) is 10.5. The molecule has 3 atom stereocenters. The van der Waals surface area contributed by atoms with Gasteiger partial charge in [0.2, 0.25) is 0 Å². The lowest BCUT2D eigenvalue weighted by atomic mass is 9.91. The fraction of sp³-hybridized carbons (Fsp3) is 0.538. The predicted molar refractivity (Wildman–Crippen MR) is 77.9 cm³/mol. The van der Waals surface area contributed by atoms with Crippen molar-refractivity contribution in [2.75, 3.05) is 20.2 Å². The minimum Gasteiger partial charge on any atom is -0.479 e. The molecule has 2 bridgehead atoms. The van der Waals surface area contributed by atoms with E-state index in [-0.39, 0.29) is 6.04 Å². The number of fused-ring (bicyclic) bond motifs is 2. The first kappa shape index (κ1) is 16.4. The van der Waals surface area contributed by atoms with Gasteiger partial charge >= 0.3 is 11.9 Å². The number of carbonyl (C=O) groups is 2. The molecule has 0 saturated carbocycles. The molecule has 1 fully saturated rings. The van der Waals surface area contributed by atoms with Crippen LogP contribution in [0.3, 0.4) is 0 Å². The topological polar surface area (TPSA) is 113 Å². The molecule has 22 heavy (non-hydrogen) atoms. The lowest BCUT2D eigenvalue weighted by molar-refractivity contribution is -0.159. The standard InChI is InChI=1S/C11H15N3OS.C2H2O4/c1-15-11-10(12-16-13-11)9-5-4-8-3-2-6-14(9)7-8;3-1(4)2(5)6/h4-5,8-9H,2-3,6-7H2,1H3;(H,3,4)(H,5,6). The highest BCUT2D eigenvalue weighted by atomic mass is 32.1. The molecule has 2 aliphatic rings. The van der Waals surface area contributed by atoms with E-state index in [1.807, 2.05) is 0 Å². The maximum absolute atomic E-state index is 9.10. The summed E-state index contributed by atoms with van der Waals surface area (Å²) in [5.41, 5.74) is 0.976. The molecule has 1 aromatic heterocycles. The fourth-order valence-corrected chi connectivity index (χ4v) is 3.17. The van der Waals surface area contributed by atoms with Crippen LogP contribution in [-0.2, 0) is 9.59 Å². The SMILES string of the molecule is COc1nsnc1C1C=CC2CCCN1C2.O=C(O)C(=O)O. The second-order valence-corrected chi connectivity index (χ2v) is 5.52. The van der Waals surface area contributed by atoms with E-state index in [0.717, 1.165) is 24.7 Å². The quantitative estimate of drug-likeness (QED) is 0.611. The van der Waals surface area contributed by atoms with E-state index in [0.29, 0.717) is 5.88 Å². The summed E-state index contributed by atoms with van der Waals surface area (Å²) >= 11 is 1.23. The normalized spacial score (nSPS) is 25.8. The zero-order valence-corrected chi connectivity index (χ0v) is 12.8. The Morgan fingerprint density at radius 3 is 2.68 bits per heavy atom. The van der Waals surface area contributed by atoms with Crippen LogP contribution in [0, 0.1) is 5.92 Å². The van der Waals surface area contributed by atoms with Gasteiger partial charge in [-0.1, -0.05) is 12.2 Å². The molecule has 2 aliphatic heterocycles. The molecular weight excluding hydrogens is 310 g/mol. The zero-order chi connectivity index (χ0) is 16.1. The molecule has 8 nitrogen and oxygen atoms in total. The molecule has 0 aliphatic carbocycles. The number of piperidine rings is 1. The Kier molecular flexibility index (Phi) is 5.45. The van der Waals surface area contributed by atoms with Gasteiger partial charge in [-0.3, -0.25) is 4.90 Å². The summed E-state index contributed by atoms with van der Waals surface area (Å²) in [4.78, 5) is 20.7. The van der Waals surface area contributed by atoms with E-state index in [9.17, 15) is 0 Å². The largest absolute Gasteiger partial charge is 0.479 e. The van der Waals surface area contributed by atoms with Crippen molar-refractivity contribution in [3.63, 3.8) is 0 Å². The third-order valence-corrected chi connectivity index (χ3v) is 4.11. The summed E-state index contributed by atoms with van der Waals surface area (Å²) in [5.74, 6) is -2.23. The molecule has 0 spiro atoms. The lowest BCUT2D eigenvalue weighted by Crippen LogP contribution is -2.40. The van der Waals surface area contributed by atoms with Crippen molar-refractivity contribution in [3.05, 3.63) is 17.8 Å². The summed E-state index contributed by atoms with van der Waals surface area (Å²) in [6.07, 6.45) is 7.20. The molecule has 9 heteroatoms. The average molecular weight is 327 g/mol. The van der Waals surface area contributed by atoms with Crippen LogP contribution in [0.5, 0.6) is 5.88 Å². The van der Waals surface area contributed by atoms with Crippen molar-refractivity contribution in [3.8, 4) is 5.88 Å². The number of methoxy groups -OCH3 is 1. The minimum absolute atomic E-state index is 0.269. The maximum Gasteiger partial charge on any atom is 0.414 e. The molecule has 1 aromatic rings. The van der Waals surface area contributed by atoms with E-state index in [4.69, 9.17) is 24.5 Å². The number of hydrogen-bond acceptors (Lipinski definition) is 7. The predicted octanol–water partition coefficient (Wildman–Crippen LogP) is 1.03. The Balaban J connectivity index is 0.000000254. The summed E-state index contributed by atoms with van der Waals surface area (Å²) in [5, 5.41) is 14.8. The monoisotopic (exact) mass is 327 g/mol. The summed E-state index contributed by atoms with van der Waals surface area (Å²) in [6.45, 7) is 2.31. The van der Waals surface area contributed by atoms with Crippen LogP contribution in [0.4, 0.5) is 0 Å². The van der Waals surface area contributed by atoms with E-state index < -0.39 is 11.9 Å². The van der Waals surface area contributed by atoms with Crippen LogP contribution in [0.15, 0.2) is 12.2 Å². The van der Waals surface area contributed by atoms with Crippen molar-refractivity contribution in [2.24, 2.45) is 5.92 Å². The minimum atomic E-state index is -1.82. The number of aliphatic carboxylic acids is 2. The van der Waals surface area contributed by atoms with E-state index in [2.05, 4.69) is 25.8 Å². The van der Waals surface area contributed by atoms with Gasteiger partial charge in [0.15, 0.2) is 0 Å². The molecule has 1 saturated heterocycles. The van der Waals surface area contributed by atoms with Crippen LogP contribution in [0.25, 0.3) is 0 Å². The highest BCUT2D eigenvalue weighted by molar-refractivity contribution is 6.99. The van der Waals surface area contributed by atoms with Crippen LogP contribution in [0.2, 0.25) is 0 Å². The summed E-state index contributed by atoms with van der Waals surface area (Å²) in [7, 11) is 1.66. The van der Waals surface area contributed by atoms with Crippen molar-refractivity contribution in [2.45, 2.75) is 18.9 Å². The summed E-state index contributed by atoms with van der Waals surface area (Å²) in [6, 6.07) is 0.269. The molecule has 3 heterocycles. The first-order valence-corrected chi connectivity index (χ1v) is 7.51. The number of carboxylic acid groups (broad SMARTS) is 2. The highest BCUT2D eigenvalue weighted by Crippen LogP contribution is 2.35. The number of rotatable bonds is 2. The first-order valence-electron chi connectivity index (χ1n) is 6.78. The van der Waals surface area contributed by atoms with Crippen molar-refractivity contribution in [1.29, 1.82) is 0 Å². The van der Waals surface area contributed by atoms with Gasteiger partial charge in [0.1, 0.15) is 5.69 Å². The zero-order valence-electron chi connectivity index (χ0n) is 12.0. The number of carboxylic acids is 2. The van der Waals surface area contributed by atoms with Crippen LogP contribution in [-0.4, -0.2) is 56.0 Å². The number of nitrogens with zero attached hydrogens (tertiary/aromatic N) is 3. The Labute approximate surface area is 131 Å². The Bertz CT molecular complexity index is 562. The molecule has 120 valence electrons. The molecule has 3 rings (SSSR count). The van der Waals surface area contributed by atoms with Crippen LogP contribution >= 0.6 is 11.7 Å². The molecule has 0 amide bonds. The third-order valence-electron chi connectivity index (χ3n) is 3.59. The summed E-state index contributed by atoms with van der Waals surface area (Å²) < 4.78 is 13.8. The van der Waals surface area contributed by atoms with Gasteiger partial charge in [-0.15, -0.1) is 4.37 Å². The van der Waals surface area contributed by atoms with Gasteiger partial charge in [-0.05, 0) is 25.3 Å². The number of hydrogen-bond donors (Lipinski definition) is 2. The van der Waals surface area contributed by atoms with Crippen molar-refractivity contribution in [1.82, 2.24) is 13.6 Å². The average Bonchev–Trinajstić information content (AvgIpc) is 2.96. The second-order valence-electron chi connectivity index (χ2n) is 5.00. The molecule has 0 radical (unpaired) electrons. The van der Waals surface area contributed by atoms with Crippen molar-refractivity contribution >= 4 is 23.7 Å². The maximum atomic E-state index is 9.10. The lowest BCUT2D eigenvalue weighted by Gasteiger charge is -2.39. The number of aromatic nitrogens is 2. The fourth-order valence-electron chi connectivity index (χ4n) is 2.61. The van der Waals surface area contributed by atoms with Gasteiger partial charge in [-0.25, -0.2) is 9.59 Å². The van der Waals surface area contributed by atoms with E-state index >= 15 is 0 Å². The van der Waals surface area contributed by atoms with Crippen molar-refractivity contribution < 1.29 is 24.5 Å². The van der Waals surface area contributed by atoms with Gasteiger partial charge < -0.3 is 14.9 Å². The third kappa shape index (κ3) is 3.80. The Morgan fingerprint density at radius 1 is 1.32 bits per heavy atom. The number of ether oxygens (including phenoxy) is 1. The molecule has 0 aromatic carbocycles. The Hall–Kier alpha value is -2.00. The van der Waals surface area contributed by atoms with Crippen LogP contribution in [0.1, 0.15) is 24.6 Å². The van der Waals surface area contributed by atoms with E-state index in [1.54, 1.807) is 7.11 Å².